The van der Waals surface area contributed by atoms with Gasteiger partial charge in [-0.05, 0) is 26.0 Å². The number of nitrogens with zero attached hydrogens (tertiary/aromatic N) is 2. The van der Waals surface area contributed by atoms with Crippen molar-refractivity contribution in [3.8, 4) is 0 Å². The van der Waals surface area contributed by atoms with Gasteiger partial charge in [-0.3, -0.25) is 10.1 Å². The molecule has 2 rings (SSSR count). The quantitative estimate of drug-likeness (QED) is 0.674. The lowest BCUT2D eigenvalue weighted by Crippen LogP contribution is -2.54. The van der Waals surface area contributed by atoms with E-state index in [1.54, 1.807) is 0 Å². The van der Waals surface area contributed by atoms with Crippen molar-refractivity contribution in [3.05, 3.63) is 33.9 Å². The highest BCUT2D eigenvalue weighted by Crippen LogP contribution is 2.38. The molecule has 1 aliphatic rings. The van der Waals surface area contributed by atoms with E-state index < -0.39 is 22.4 Å². The van der Waals surface area contributed by atoms with Gasteiger partial charge >= 0.3 is 6.18 Å². The van der Waals surface area contributed by atoms with Gasteiger partial charge in [0, 0.05) is 36.9 Å². The zero-order valence-electron chi connectivity index (χ0n) is 11.6. The molecule has 5 nitrogen and oxygen atoms in total. The molecule has 0 spiro atoms. The minimum absolute atomic E-state index is 0.0174. The van der Waals surface area contributed by atoms with E-state index in [1.165, 1.54) is 6.07 Å². The van der Waals surface area contributed by atoms with Crippen LogP contribution in [0.5, 0.6) is 0 Å². The van der Waals surface area contributed by atoms with Crippen molar-refractivity contribution in [2.75, 3.05) is 18.0 Å². The van der Waals surface area contributed by atoms with Gasteiger partial charge in [-0.15, -0.1) is 0 Å². The summed E-state index contributed by atoms with van der Waals surface area (Å²) >= 11 is 0. The molecule has 2 atom stereocenters. The van der Waals surface area contributed by atoms with E-state index in [2.05, 4.69) is 5.32 Å². The van der Waals surface area contributed by atoms with Gasteiger partial charge in [-0.1, -0.05) is 0 Å². The van der Waals surface area contributed by atoms with Crippen molar-refractivity contribution < 1.29 is 18.1 Å². The van der Waals surface area contributed by atoms with Crippen LogP contribution in [0.3, 0.4) is 0 Å². The SMILES string of the molecule is C[C@@H]1CN[C@@H](C)CN1c1ccc([N+](=O)[O-])c(C(F)(F)F)c1. The number of hydrogen-bond acceptors (Lipinski definition) is 4. The minimum Gasteiger partial charge on any atom is -0.366 e. The number of nitro benzene ring substituents is 1. The Morgan fingerprint density at radius 3 is 2.62 bits per heavy atom. The van der Waals surface area contributed by atoms with E-state index >= 15 is 0 Å². The molecule has 1 fully saturated rings. The third kappa shape index (κ3) is 3.26. The molecule has 0 aromatic heterocycles. The van der Waals surface area contributed by atoms with Crippen molar-refractivity contribution in [1.82, 2.24) is 5.32 Å². The number of alkyl halides is 3. The summed E-state index contributed by atoms with van der Waals surface area (Å²) in [5.41, 5.74) is -1.76. The van der Waals surface area contributed by atoms with E-state index in [9.17, 15) is 23.3 Å². The Morgan fingerprint density at radius 1 is 1.38 bits per heavy atom. The van der Waals surface area contributed by atoms with Crippen molar-refractivity contribution in [1.29, 1.82) is 0 Å². The predicted molar refractivity (Wildman–Crippen MR) is 72.4 cm³/mol. The summed E-state index contributed by atoms with van der Waals surface area (Å²) in [6.45, 7) is 5.04. The second-order valence-electron chi connectivity index (χ2n) is 5.27. The molecule has 1 N–H and O–H groups in total. The van der Waals surface area contributed by atoms with Crippen LogP contribution in [0.25, 0.3) is 0 Å². The molecule has 1 saturated heterocycles. The maximum atomic E-state index is 13.0. The fraction of sp³-hybridized carbons (Fsp3) is 0.538. The molecule has 1 aromatic rings. The lowest BCUT2D eigenvalue weighted by Gasteiger charge is -2.39. The minimum atomic E-state index is -4.75. The first-order valence-corrected chi connectivity index (χ1v) is 6.56. The fourth-order valence-electron chi connectivity index (χ4n) is 2.47. The fourth-order valence-corrected chi connectivity index (χ4v) is 2.47. The molecule has 8 heteroatoms. The van der Waals surface area contributed by atoms with Crippen LogP contribution >= 0.6 is 0 Å². The Kier molecular flexibility index (Phi) is 4.08. The molecule has 0 unspecified atom stereocenters. The Hall–Kier alpha value is -1.83. The number of nitro groups is 1. The zero-order chi connectivity index (χ0) is 15.8. The number of benzene rings is 1. The van der Waals surface area contributed by atoms with Crippen molar-refractivity contribution in [2.45, 2.75) is 32.1 Å². The first-order valence-electron chi connectivity index (χ1n) is 6.56. The number of nitrogens with one attached hydrogen (secondary N) is 1. The monoisotopic (exact) mass is 303 g/mol. The van der Waals surface area contributed by atoms with Gasteiger partial charge in [0.05, 0.1) is 4.92 Å². The normalized spacial score (nSPS) is 23.2. The molecule has 116 valence electrons. The van der Waals surface area contributed by atoms with Gasteiger partial charge in [0.1, 0.15) is 5.56 Å². The highest BCUT2D eigenvalue weighted by atomic mass is 19.4. The maximum Gasteiger partial charge on any atom is 0.423 e. The number of halogens is 3. The lowest BCUT2D eigenvalue weighted by molar-refractivity contribution is -0.388. The molecule has 1 heterocycles. The molecule has 1 aromatic carbocycles. The van der Waals surface area contributed by atoms with Gasteiger partial charge in [-0.2, -0.15) is 13.2 Å². The standard InChI is InChI=1S/C13H16F3N3O2/c1-8-7-18(9(2)6-17-8)10-3-4-12(19(20)21)11(5-10)13(14,15)16/h3-5,8-9,17H,6-7H2,1-2H3/t8-,9+/m0/s1. The summed E-state index contributed by atoms with van der Waals surface area (Å²) < 4.78 is 39.0. The van der Waals surface area contributed by atoms with E-state index in [0.29, 0.717) is 18.8 Å². The highest BCUT2D eigenvalue weighted by Gasteiger charge is 2.39. The third-order valence-corrected chi connectivity index (χ3v) is 3.58. The lowest BCUT2D eigenvalue weighted by atomic mass is 10.1. The first kappa shape index (κ1) is 15.6. The first-order chi connectivity index (χ1) is 9.70. The van der Waals surface area contributed by atoms with E-state index in [-0.39, 0.29) is 12.1 Å². The van der Waals surface area contributed by atoms with Crippen molar-refractivity contribution >= 4 is 11.4 Å². The Labute approximate surface area is 119 Å². The summed E-state index contributed by atoms with van der Waals surface area (Å²) in [4.78, 5) is 11.6. The molecule has 21 heavy (non-hydrogen) atoms. The molecule has 0 aliphatic carbocycles. The Balaban J connectivity index is 2.44. The van der Waals surface area contributed by atoms with Gasteiger partial charge in [-0.25, -0.2) is 0 Å². The average molecular weight is 303 g/mol. The number of rotatable bonds is 2. The van der Waals surface area contributed by atoms with Crippen molar-refractivity contribution in [3.63, 3.8) is 0 Å². The summed E-state index contributed by atoms with van der Waals surface area (Å²) in [5, 5.41) is 14.0. The van der Waals surface area contributed by atoms with E-state index in [1.807, 2.05) is 18.7 Å². The van der Waals surface area contributed by atoms with Crippen LogP contribution in [0.1, 0.15) is 19.4 Å². The molecule has 1 aliphatic heterocycles. The topological polar surface area (TPSA) is 58.4 Å². The number of anilines is 1. The number of piperazine rings is 1. The van der Waals surface area contributed by atoms with Crippen molar-refractivity contribution in [2.24, 2.45) is 0 Å². The largest absolute Gasteiger partial charge is 0.423 e. The summed E-state index contributed by atoms with van der Waals surface area (Å²) in [5.74, 6) is 0. The van der Waals surface area contributed by atoms with Gasteiger partial charge in [0.15, 0.2) is 0 Å². The van der Waals surface area contributed by atoms with Gasteiger partial charge < -0.3 is 10.2 Å². The summed E-state index contributed by atoms with van der Waals surface area (Å²) in [6.07, 6.45) is -4.75. The number of hydrogen-bond donors (Lipinski definition) is 1. The Morgan fingerprint density at radius 2 is 2.05 bits per heavy atom. The Bertz CT molecular complexity index is 548. The molecule has 0 amide bonds. The molecule has 0 radical (unpaired) electrons. The van der Waals surface area contributed by atoms with Crippen LogP contribution in [0.15, 0.2) is 18.2 Å². The molecular weight excluding hydrogens is 287 g/mol. The van der Waals surface area contributed by atoms with Crippen LogP contribution in [-0.2, 0) is 6.18 Å². The summed E-state index contributed by atoms with van der Waals surface area (Å²) in [6, 6.07) is 3.33. The van der Waals surface area contributed by atoms with E-state index in [4.69, 9.17) is 0 Å². The van der Waals surface area contributed by atoms with Gasteiger partial charge in [0.25, 0.3) is 5.69 Å². The smallest absolute Gasteiger partial charge is 0.366 e. The highest BCUT2D eigenvalue weighted by molar-refractivity contribution is 5.57. The third-order valence-electron chi connectivity index (χ3n) is 3.58. The van der Waals surface area contributed by atoms with Gasteiger partial charge in [0.2, 0.25) is 0 Å². The van der Waals surface area contributed by atoms with Crippen LogP contribution in [0, 0.1) is 10.1 Å². The molecular formula is C13H16F3N3O2. The predicted octanol–water partition coefficient (Wildman–Crippen LogP) is 2.80. The summed E-state index contributed by atoms with van der Waals surface area (Å²) in [7, 11) is 0. The van der Waals surface area contributed by atoms with Crippen LogP contribution in [-0.4, -0.2) is 30.1 Å². The maximum absolute atomic E-state index is 13.0. The molecule has 0 bridgehead atoms. The second-order valence-corrected chi connectivity index (χ2v) is 5.27. The van der Waals surface area contributed by atoms with Crippen LogP contribution in [0.2, 0.25) is 0 Å². The van der Waals surface area contributed by atoms with Crippen LogP contribution < -0.4 is 10.2 Å². The van der Waals surface area contributed by atoms with E-state index in [0.717, 1.165) is 12.1 Å². The zero-order valence-corrected chi connectivity index (χ0v) is 11.6. The second kappa shape index (κ2) is 5.51. The average Bonchev–Trinajstić information content (AvgIpc) is 2.40. The van der Waals surface area contributed by atoms with Crippen LogP contribution in [0.4, 0.5) is 24.5 Å². The molecule has 0 saturated carbocycles.